The summed E-state index contributed by atoms with van der Waals surface area (Å²) >= 11 is 0. The van der Waals surface area contributed by atoms with E-state index in [0.717, 1.165) is 18.2 Å². The molecule has 116 valence electrons. The minimum absolute atomic E-state index is 0.0765. The Kier molecular flexibility index (Phi) is 4.09. The summed E-state index contributed by atoms with van der Waals surface area (Å²) in [5.74, 6) is -0.176. The lowest BCUT2D eigenvalue weighted by atomic mass is 10.0. The van der Waals surface area contributed by atoms with Crippen LogP contribution in [0.2, 0.25) is 0 Å². The lowest BCUT2D eigenvalue weighted by Gasteiger charge is -2.34. The van der Waals surface area contributed by atoms with Crippen molar-refractivity contribution < 1.29 is 14.1 Å². The SMILES string of the molecule is CNC(=O)[C@@H]1CCCCN1C(=O)Cc1noc2ccccc12. The summed E-state index contributed by atoms with van der Waals surface area (Å²) in [5.41, 5.74) is 1.30. The molecule has 1 atom stereocenters. The monoisotopic (exact) mass is 301 g/mol. The number of likely N-dealkylation sites (tertiary alicyclic amines) is 1. The minimum Gasteiger partial charge on any atom is -0.357 e. The summed E-state index contributed by atoms with van der Waals surface area (Å²) in [5, 5.41) is 7.49. The largest absolute Gasteiger partial charge is 0.357 e. The molecule has 1 aliphatic rings. The fourth-order valence-corrected chi connectivity index (χ4v) is 2.98. The van der Waals surface area contributed by atoms with E-state index in [1.165, 1.54) is 0 Å². The topological polar surface area (TPSA) is 75.4 Å². The van der Waals surface area contributed by atoms with Crippen LogP contribution in [0.25, 0.3) is 11.0 Å². The summed E-state index contributed by atoms with van der Waals surface area (Å²) in [6, 6.07) is 7.10. The van der Waals surface area contributed by atoms with Gasteiger partial charge in [0.25, 0.3) is 0 Å². The maximum absolute atomic E-state index is 12.6. The van der Waals surface area contributed by atoms with Crippen LogP contribution < -0.4 is 5.32 Å². The third-order valence-electron chi connectivity index (χ3n) is 4.14. The highest BCUT2D eigenvalue weighted by atomic mass is 16.5. The molecule has 1 fully saturated rings. The van der Waals surface area contributed by atoms with Gasteiger partial charge in [0, 0.05) is 19.0 Å². The van der Waals surface area contributed by atoms with Gasteiger partial charge in [0.05, 0.1) is 6.42 Å². The lowest BCUT2D eigenvalue weighted by molar-refractivity contribution is -0.141. The van der Waals surface area contributed by atoms with Gasteiger partial charge in [-0.15, -0.1) is 0 Å². The zero-order valence-corrected chi connectivity index (χ0v) is 12.5. The lowest BCUT2D eigenvalue weighted by Crippen LogP contribution is -2.51. The van der Waals surface area contributed by atoms with Crippen LogP contribution in [0.5, 0.6) is 0 Å². The molecule has 0 bridgehead atoms. The van der Waals surface area contributed by atoms with Crippen molar-refractivity contribution in [2.75, 3.05) is 13.6 Å². The van der Waals surface area contributed by atoms with Crippen molar-refractivity contribution in [1.82, 2.24) is 15.4 Å². The number of rotatable bonds is 3. The molecular weight excluding hydrogens is 282 g/mol. The molecule has 22 heavy (non-hydrogen) atoms. The third-order valence-corrected chi connectivity index (χ3v) is 4.14. The summed E-state index contributed by atoms with van der Waals surface area (Å²) in [7, 11) is 1.60. The van der Waals surface area contributed by atoms with Crippen molar-refractivity contribution in [3.05, 3.63) is 30.0 Å². The first-order valence-corrected chi connectivity index (χ1v) is 7.55. The van der Waals surface area contributed by atoms with Gasteiger partial charge in [-0.2, -0.15) is 0 Å². The second kappa shape index (κ2) is 6.17. The highest BCUT2D eigenvalue weighted by Crippen LogP contribution is 2.22. The Morgan fingerprint density at radius 1 is 1.36 bits per heavy atom. The molecule has 2 heterocycles. The van der Waals surface area contributed by atoms with Crippen LogP contribution >= 0.6 is 0 Å². The Balaban J connectivity index is 1.79. The molecule has 1 aromatic heterocycles. The van der Waals surface area contributed by atoms with Crippen molar-refractivity contribution in [2.45, 2.75) is 31.7 Å². The Labute approximate surface area is 128 Å². The average Bonchev–Trinajstić information content (AvgIpc) is 2.97. The van der Waals surface area contributed by atoms with Crippen LogP contribution in [0.3, 0.4) is 0 Å². The van der Waals surface area contributed by atoms with Crippen LogP contribution in [0.1, 0.15) is 25.0 Å². The van der Waals surface area contributed by atoms with Crippen molar-refractivity contribution in [1.29, 1.82) is 0 Å². The van der Waals surface area contributed by atoms with Gasteiger partial charge in [-0.05, 0) is 31.4 Å². The highest BCUT2D eigenvalue weighted by Gasteiger charge is 2.31. The van der Waals surface area contributed by atoms with Crippen molar-refractivity contribution in [3.63, 3.8) is 0 Å². The second-order valence-corrected chi connectivity index (χ2v) is 5.52. The molecule has 1 aromatic carbocycles. The fourth-order valence-electron chi connectivity index (χ4n) is 2.98. The van der Waals surface area contributed by atoms with E-state index in [0.29, 0.717) is 24.2 Å². The number of benzene rings is 1. The van der Waals surface area contributed by atoms with E-state index >= 15 is 0 Å². The Morgan fingerprint density at radius 3 is 3.00 bits per heavy atom. The average molecular weight is 301 g/mol. The van der Waals surface area contributed by atoms with E-state index in [2.05, 4.69) is 10.5 Å². The number of hydrogen-bond acceptors (Lipinski definition) is 4. The number of aromatic nitrogens is 1. The van der Waals surface area contributed by atoms with Crippen LogP contribution in [0.15, 0.2) is 28.8 Å². The predicted molar refractivity (Wildman–Crippen MR) is 81.1 cm³/mol. The number of likely N-dealkylation sites (N-methyl/N-ethyl adjacent to an activating group) is 1. The van der Waals surface area contributed by atoms with Gasteiger partial charge >= 0.3 is 0 Å². The first-order valence-electron chi connectivity index (χ1n) is 7.55. The van der Waals surface area contributed by atoms with Crippen LogP contribution in [0.4, 0.5) is 0 Å². The number of nitrogens with one attached hydrogen (secondary N) is 1. The Hall–Kier alpha value is -2.37. The van der Waals surface area contributed by atoms with Gasteiger partial charge in [0.2, 0.25) is 11.8 Å². The molecule has 0 unspecified atom stereocenters. The van der Waals surface area contributed by atoms with Crippen LogP contribution in [-0.4, -0.2) is 41.5 Å². The molecular formula is C16H19N3O3. The smallest absolute Gasteiger partial charge is 0.242 e. The number of piperidine rings is 1. The van der Waals surface area contributed by atoms with Crippen LogP contribution in [-0.2, 0) is 16.0 Å². The number of para-hydroxylation sites is 1. The number of amides is 2. The van der Waals surface area contributed by atoms with Gasteiger partial charge < -0.3 is 14.7 Å². The molecule has 6 heteroatoms. The first-order chi connectivity index (χ1) is 10.7. The van der Waals surface area contributed by atoms with E-state index in [1.807, 2.05) is 24.3 Å². The van der Waals surface area contributed by atoms with E-state index < -0.39 is 0 Å². The number of carbonyl (C=O) groups is 2. The van der Waals surface area contributed by atoms with Crippen LogP contribution in [0, 0.1) is 0 Å². The fraction of sp³-hybridized carbons (Fsp3) is 0.438. The van der Waals surface area contributed by atoms with Gasteiger partial charge in [-0.25, -0.2) is 0 Å². The molecule has 1 saturated heterocycles. The van der Waals surface area contributed by atoms with Gasteiger partial charge in [-0.1, -0.05) is 17.3 Å². The highest BCUT2D eigenvalue weighted by molar-refractivity contribution is 5.90. The predicted octanol–water partition coefficient (Wildman–Crippen LogP) is 1.50. The molecule has 0 radical (unpaired) electrons. The Morgan fingerprint density at radius 2 is 2.18 bits per heavy atom. The van der Waals surface area contributed by atoms with E-state index in [1.54, 1.807) is 11.9 Å². The van der Waals surface area contributed by atoms with Gasteiger partial charge in [0.1, 0.15) is 11.7 Å². The molecule has 2 amide bonds. The molecule has 0 saturated carbocycles. The first kappa shape index (κ1) is 14.6. The number of nitrogens with zero attached hydrogens (tertiary/aromatic N) is 2. The van der Waals surface area contributed by atoms with Gasteiger partial charge in [0.15, 0.2) is 5.58 Å². The van der Waals surface area contributed by atoms with E-state index in [-0.39, 0.29) is 24.3 Å². The molecule has 1 N–H and O–H groups in total. The van der Waals surface area contributed by atoms with E-state index in [9.17, 15) is 9.59 Å². The van der Waals surface area contributed by atoms with E-state index in [4.69, 9.17) is 4.52 Å². The summed E-state index contributed by atoms with van der Waals surface area (Å²) in [6.07, 6.45) is 2.77. The molecule has 1 aliphatic heterocycles. The maximum atomic E-state index is 12.6. The Bertz CT molecular complexity index is 695. The summed E-state index contributed by atoms with van der Waals surface area (Å²) in [6.45, 7) is 0.618. The zero-order chi connectivity index (χ0) is 15.5. The zero-order valence-electron chi connectivity index (χ0n) is 12.5. The number of hydrogen-bond donors (Lipinski definition) is 1. The van der Waals surface area contributed by atoms with Crippen molar-refractivity contribution >= 4 is 22.8 Å². The summed E-state index contributed by atoms with van der Waals surface area (Å²) in [4.78, 5) is 26.2. The standard InChI is InChI=1S/C16H19N3O3/c1-17-16(21)13-7-4-5-9-19(13)15(20)10-12-11-6-2-3-8-14(11)22-18-12/h2-3,6,8,13H,4-5,7,9-10H2,1H3,(H,17,21)/t13-/m0/s1. The molecule has 0 spiro atoms. The van der Waals surface area contributed by atoms with Gasteiger partial charge in [-0.3, -0.25) is 9.59 Å². The number of fused-ring (bicyclic) bond motifs is 1. The third kappa shape index (κ3) is 2.68. The van der Waals surface area contributed by atoms with Crippen molar-refractivity contribution in [3.8, 4) is 0 Å². The minimum atomic E-state index is -0.371. The summed E-state index contributed by atoms with van der Waals surface area (Å²) < 4.78 is 5.23. The maximum Gasteiger partial charge on any atom is 0.242 e. The molecule has 2 aromatic rings. The second-order valence-electron chi connectivity index (χ2n) is 5.52. The normalized spacial score (nSPS) is 18.4. The quantitative estimate of drug-likeness (QED) is 0.932. The number of carbonyl (C=O) groups excluding carboxylic acids is 2. The molecule has 3 rings (SSSR count). The molecule has 0 aliphatic carbocycles. The molecule has 6 nitrogen and oxygen atoms in total. The van der Waals surface area contributed by atoms with Crippen molar-refractivity contribution in [2.24, 2.45) is 0 Å².